The Bertz CT molecular complexity index is 887. The fourth-order valence-corrected chi connectivity index (χ4v) is 3.05. The minimum absolute atomic E-state index is 0.189. The van der Waals surface area contributed by atoms with Gasteiger partial charge in [0.25, 0.3) is 5.91 Å². The zero-order valence-electron chi connectivity index (χ0n) is 15.5. The van der Waals surface area contributed by atoms with Crippen molar-refractivity contribution in [3.8, 4) is 0 Å². The van der Waals surface area contributed by atoms with Crippen molar-refractivity contribution in [2.75, 3.05) is 18.4 Å². The predicted molar refractivity (Wildman–Crippen MR) is 103 cm³/mol. The number of aromatic nitrogens is 1. The maximum atomic E-state index is 12.3. The number of aliphatic carboxylic acids is 1. The lowest BCUT2D eigenvalue weighted by Crippen LogP contribution is -2.40. The Labute approximate surface area is 162 Å². The lowest BCUT2D eigenvalue weighted by molar-refractivity contribution is -0.147. The molecule has 1 fully saturated rings. The number of hydrogen-bond donors (Lipinski definition) is 3. The molecular weight excluding hydrogens is 360 g/mol. The average molecular weight is 382 g/mol. The minimum Gasteiger partial charge on any atom is -0.481 e. The molecule has 3 amide bonds. The SMILES string of the molecule is CC1(C(=O)O)CCN(C(=O)NCc2cccc(NC(=O)c3ccccn3)c2)C1. The van der Waals surface area contributed by atoms with Crippen LogP contribution in [0, 0.1) is 5.41 Å². The number of likely N-dealkylation sites (tertiary alicyclic amines) is 1. The molecule has 1 unspecified atom stereocenters. The number of carbonyl (C=O) groups is 3. The highest BCUT2D eigenvalue weighted by atomic mass is 16.4. The maximum Gasteiger partial charge on any atom is 0.317 e. The normalized spacial score (nSPS) is 18.5. The first-order chi connectivity index (χ1) is 13.4. The molecule has 1 aliphatic heterocycles. The zero-order valence-corrected chi connectivity index (χ0v) is 15.5. The van der Waals surface area contributed by atoms with Crippen molar-refractivity contribution in [3.05, 3.63) is 59.9 Å². The summed E-state index contributed by atoms with van der Waals surface area (Å²) in [7, 11) is 0. The summed E-state index contributed by atoms with van der Waals surface area (Å²) in [5, 5.41) is 14.8. The third-order valence-corrected chi connectivity index (χ3v) is 4.80. The first kappa shape index (κ1) is 19.3. The number of hydrogen-bond acceptors (Lipinski definition) is 4. The topological polar surface area (TPSA) is 112 Å². The maximum absolute atomic E-state index is 12.3. The largest absolute Gasteiger partial charge is 0.481 e. The molecule has 146 valence electrons. The lowest BCUT2D eigenvalue weighted by atomic mass is 9.90. The van der Waals surface area contributed by atoms with Crippen LogP contribution in [0.2, 0.25) is 0 Å². The molecule has 1 aromatic carbocycles. The number of carbonyl (C=O) groups excluding carboxylic acids is 2. The fraction of sp³-hybridized carbons (Fsp3) is 0.300. The molecule has 3 N–H and O–H groups in total. The highest BCUT2D eigenvalue weighted by Crippen LogP contribution is 2.30. The smallest absolute Gasteiger partial charge is 0.317 e. The van der Waals surface area contributed by atoms with Crippen LogP contribution in [0.25, 0.3) is 0 Å². The molecule has 0 saturated carbocycles. The van der Waals surface area contributed by atoms with Gasteiger partial charge in [-0.05, 0) is 43.2 Å². The predicted octanol–water partition coefficient (Wildman–Crippen LogP) is 2.34. The standard InChI is InChI=1S/C20H22N4O4/c1-20(18(26)27)8-10-24(13-20)19(28)22-12-14-5-4-6-15(11-14)23-17(25)16-7-2-3-9-21-16/h2-7,9,11H,8,10,12-13H2,1H3,(H,22,28)(H,23,25)(H,26,27). The van der Waals surface area contributed by atoms with Gasteiger partial charge in [-0.15, -0.1) is 0 Å². The number of carboxylic acid groups (broad SMARTS) is 1. The number of rotatable bonds is 5. The van der Waals surface area contributed by atoms with Crippen LogP contribution in [0.1, 0.15) is 29.4 Å². The van der Waals surface area contributed by atoms with Crippen molar-refractivity contribution in [2.45, 2.75) is 19.9 Å². The number of urea groups is 1. The Hall–Kier alpha value is -3.42. The zero-order chi connectivity index (χ0) is 20.1. The van der Waals surface area contributed by atoms with Crippen LogP contribution in [-0.2, 0) is 11.3 Å². The van der Waals surface area contributed by atoms with Gasteiger partial charge in [-0.2, -0.15) is 0 Å². The van der Waals surface area contributed by atoms with Crippen molar-refractivity contribution in [1.82, 2.24) is 15.2 Å². The van der Waals surface area contributed by atoms with Gasteiger partial charge in [-0.3, -0.25) is 14.6 Å². The highest BCUT2D eigenvalue weighted by molar-refractivity contribution is 6.02. The van der Waals surface area contributed by atoms with Crippen molar-refractivity contribution >= 4 is 23.6 Å². The van der Waals surface area contributed by atoms with E-state index >= 15 is 0 Å². The molecule has 2 aromatic rings. The van der Waals surface area contributed by atoms with E-state index in [2.05, 4.69) is 15.6 Å². The molecular formula is C20H22N4O4. The van der Waals surface area contributed by atoms with Crippen molar-refractivity contribution < 1.29 is 19.5 Å². The van der Waals surface area contributed by atoms with Crippen LogP contribution in [0.15, 0.2) is 48.7 Å². The molecule has 28 heavy (non-hydrogen) atoms. The summed E-state index contributed by atoms with van der Waals surface area (Å²) in [5.41, 5.74) is 0.832. The molecule has 3 rings (SSSR count). The summed E-state index contributed by atoms with van der Waals surface area (Å²) < 4.78 is 0. The van der Waals surface area contributed by atoms with E-state index in [9.17, 15) is 19.5 Å². The van der Waals surface area contributed by atoms with Crippen molar-refractivity contribution in [3.63, 3.8) is 0 Å². The molecule has 2 heterocycles. The van der Waals surface area contributed by atoms with E-state index in [1.54, 1.807) is 49.5 Å². The third-order valence-electron chi connectivity index (χ3n) is 4.80. The van der Waals surface area contributed by atoms with E-state index in [1.165, 1.54) is 4.90 Å². The number of pyridine rings is 1. The average Bonchev–Trinajstić information content (AvgIpc) is 3.11. The Balaban J connectivity index is 1.56. The monoisotopic (exact) mass is 382 g/mol. The van der Waals surface area contributed by atoms with E-state index in [1.807, 2.05) is 6.07 Å². The minimum atomic E-state index is -0.896. The van der Waals surface area contributed by atoms with Crippen LogP contribution >= 0.6 is 0 Å². The Morgan fingerprint density at radius 3 is 2.71 bits per heavy atom. The first-order valence-electron chi connectivity index (χ1n) is 8.95. The Morgan fingerprint density at radius 2 is 2.04 bits per heavy atom. The second-order valence-corrected chi connectivity index (χ2v) is 7.07. The Kier molecular flexibility index (Phi) is 5.58. The number of benzene rings is 1. The van der Waals surface area contributed by atoms with Gasteiger partial charge in [0.15, 0.2) is 0 Å². The van der Waals surface area contributed by atoms with Crippen molar-refractivity contribution in [1.29, 1.82) is 0 Å². The van der Waals surface area contributed by atoms with Gasteiger partial charge in [-0.1, -0.05) is 18.2 Å². The molecule has 1 aromatic heterocycles. The Morgan fingerprint density at radius 1 is 1.21 bits per heavy atom. The third kappa shape index (κ3) is 4.46. The first-order valence-corrected chi connectivity index (χ1v) is 8.95. The van der Waals surface area contributed by atoms with Crippen LogP contribution in [0.4, 0.5) is 10.5 Å². The summed E-state index contributed by atoms with van der Waals surface area (Å²) in [5.74, 6) is -1.20. The second kappa shape index (κ2) is 8.08. The van der Waals surface area contributed by atoms with Gasteiger partial charge in [-0.25, -0.2) is 4.79 Å². The lowest BCUT2D eigenvalue weighted by Gasteiger charge is -2.20. The van der Waals surface area contributed by atoms with Gasteiger partial charge >= 0.3 is 12.0 Å². The summed E-state index contributed by atoms with van der Waals surface area (Å²) in [6.07, 6.45) is 1.99. The van der Waals surface area contributed by atoms with E-state index in [-0.39, 0.29) is 25.0 Å². The molecule has 8 heteroatoms. The molecule has 0 spiro atoms. The molecule has 1 aliphatic rings. The van der Waals surface area contributed by atoms with Gasteiger partial charge in [0.1, 0.15) is 5.69 Å². The van der Waals surface area contributed by atoms with Gasteiger partial charge in [0.2, 0.25) is 0 Å². The summed E-state index contributed by atoms with van der Waals surface area (Å²) in [4.78, 5) is 41.3. The quantitative estimate of drug-likeness (QED) is 0.735. The molecule has 1 saturated heterocycles. The van der Waals surface area contributed by atoms with Gasteiger partial charge < -0.3 is 20.6 Å². The molecule has 0 radical (unpaired) electrons. The van der Waals surface area contributed by atoms with Gasteiger partial charge in [0, 0.05) is 31.5 Å². The number of anilines is 1. The highest BCUT2D eigenvalue weighted by Gasteiger charge is 2.42. The number of amides is 3. The van der Waals surface area contributed by atoms with E-state index in [4.69, 9.17) is 0 Å². The summed E-state index contributed by atoms with van der Waals surface area (Å²) in [6.45, 7) is 2.52. The van der Waals surface area contributed by atoms with E-state index in [0.29, 0.717) is 24.3 Å². The molecule has 0 aliphatic carbocycles. The molecule has 1 atom stereocenters. The van der Waals surface area contributed by atoms with Crippen LogP contribution in [0.3, 0.4) is 0 Å². The second-order valence-electron chi connectivity index (χ2n) is 7.07. The van der Waals surface area contributed by atoms with Crippen LogP contribution in [-0.4, -0.2) is 46.0 Å². The van der Waals surface area contributed by atoms with E-state index in [0.717, 1.165) is 5.56 Å². The number of nitrogens with one attached hydrogen (secondary N) is 2. The van der Waals surface area contributed by atoms with E-state index < -0.39 is 11.4 Å². The number of carboxylic acids is 1. The fourth-order valence-electron chi connectivity index (χ4n) is 3.05. The van der Waals surface area contributed by atoms with Gasteiger partial charge in [0.05, 0.1) is 5.41 Å². The van der Waals surface area contributed by atoms with Crippen LogP contribution < -0.4 is 10.6 Å². The molecule has 8 nitrogen and oxygen atoms in total. The van der Waals surface area contributed by atoms with Crippen LogP contribution in [0.5, 0.6) is 0 Å². The van der Waals surface area contributed by atoms with Crippen molar-refractivity contribution in [2.24, 2.45) is 5.41 Å². The molecule has 0 bridgehead atoms. The summed E-state index contributed by atoms with van der Waals surface area (Å²) >= 11 is 0. The summed E-state index contributed by atoms with van der Waals surface area (Å²) in [6, 6.07) is 11.9. The number of nitrogens with zero attached hydrogens (tertiary/aromatic N) is 2.